The van der Waals surface area contributed by atoms with Crippen LogP contribution in [-0.2, 0) is 6.42 Å². The Kier molecular flexibility index (Phi) is 1.33. The summed E-state index contributed by atoms with van der Waals surface area (Å²) in [6.45, 7) is 1.08. The second-order valence-electron chi connectivity index (χ2n) is 3.46. The van der Waals surface area contributed by atoms with Crippen molar-refractivity contribution in [1.29, 1.82) is 0 Å². The maximum Gasteiger partial charge on any atom is 0.0379 e. The van der Waals surface area contributed by atoms with Crippen molar-refractivity contribution in [3.8, 4) is 0 Å². The maximum absolute atomic E-state index is 3.38. The molecule has 1 N–H and O–H groups in total. The van der Waals surface area contributed by atoms with Gasteiger partial charge in [-0.2, -0.15) is 0 Å². The minimum absolute atomic E-state index is 1.08. The summed E-state index contributed by atoms with van der Waals surface area (Å²) >= 11 is 0. The molecule has 1 nitrogen and oxygen atoms in total. The van der Waals surface area contributed by atoms with Crippen molar-refractivity contribution in [3.63, 3.8) is 0 Å². The minimum Gasteiger partial charge on any atom is -0.384 e. The van der Waals surface area contributed by atoms with E-state index in [1.54, 1.807) is 0 Å². The molecule has 0 aliphatic carbocycles. The molecule has 1 radical (unpaired) electrons. The number of anilines is 1. The quantitative estimate of drug-likeness (QED) is 0.637. The van der Waals surface area contributed by atoms with E-state index < -0.39 is 0 Å². The van der Waals surface area contributed by atoms with Gasteiger partial charge in [-0.15, -0.1) is 0 Å². The summed E-state index contributed by atoms with van der Waals surface area (Å²) in [5.41, 5.74) is 2.74. The number of fused-ring (bicyclic) bond motifs is 2. The van der Waals surface area contributed by atoms with Gasteiger partial charge in [0, 0.05) is 12.2 Å². The number of hydrogen-bond acceptors (Lipinski definition) is 1. The highest BCUT2D eigenvalue weighted by molar-refractivity contribution is 5.87. The van der Waals surface area contributed by atoms with E-state index in [-0.39, 0.29) is 0 Å². The molecular weight excluding hydrogens is 158 g/mol. The van der Waals surface area contributed by atoms with Crippen molar-refractivity contribution < 1.29 is 0 Å². The Morgan fingerprint density at radius 2 is 2.23 bits per heavy atom. The third-order valence-corrected chi connectivity index (χ3v) is 2.62. The predicted molar refractivity (Wildman–Crippen MR) is 55.0 cm³/mol. The van der Waals surface area contributed by atoms with Crippen molar-refractivity contribution in [2.24, 2.45) is 0 Å². The van der Waals surface area contributed by atoms with Crippen LogP contribution in [0.15, 0.2) is 30.3 Å². The van der Waals surface area contributed by atoms with E-state index in [1.807, 2.05) is 12.1 Å². The van der Waals surface area contributed by atoms with E-state index in [4.69, 9.17) is 0 Å². The number of hydrogen-bond donors (Lipinski definition) is 1. The van der Waals surface area contributed by atoms with Crippen LogP contribution in [-0.4, -0.2) is 6.54 Å². The molecule has 2 aromatic rings. The fourth-order valence-electron chi connectivity index (χ4n) is 1.93. The van der Waals surface area contributed by atoms with E-state index in [9.17, 15) is 0 Å². The molecule has 0 aromatic heterocycles. The Hall–Kier alpha value is -1.50. The van der Waals surface area contributed by atoms with Crippen molar-refractivity contribution in [2.45, 2.75) is 6.42 Å². The fraction of sp³-hybridized carbons (Fsp3) is 0.167. The van der Waals surface area contributed by atoms with Crippen LogP contribution < -0.4 is 5.32 Å². The Morgan fingerprint density at radius 3 is 3.23 bits per heavy atom. The van der Waals surface area contributed by atoms with Crippen LogP contribution in [0, 0.1) is 6.07 Å². The molecule has 1 aliphatic heterocycles. The van der Waals surface area contributed by atoms with Gasteiger partial charge in [-0.1, -0.05) is 12.1 Å². The molecule has 0 spiro atoms. The lowest BCUT2D eigenvalue weighted by Gasteiger charge is -2.02. The topological polar surface area (TPSA) is 12.0 Å². The van der Waals surface area contributed by atoms with Gasteiger partial charge in [0.15, 0.2) is 0 Å². The third-order valence-electron chi connectivity index (χ3n) is 2.62. The van der Waals surface area contributed by atoms with E-state index in [2.05, 4.69) is 29.6 Å². The van der Waals surface area contributed by atoms with E-state index >= 15 is 0 Å². The smallest absolute Gasteiger partial charge is 0.0379 e. The Balaban J connectivity index is 2.36. The van der Waals surface area contributed by atoms with Crippen molar-refractivity contribution in [3.05, 3.63) is 42.0 Å². The van der Waals surface area contributed by atoms with Crippen LogP contribution >= 0.6 is 0 Å². The second kappa shape index (κ2) is 2.49. The van der Waals surface area contributed by atoms with Crippen molar-refractivity contribution in [1.82, 2.24) is 0 Å². The second-order valence-corrected chi connectivity index (χ2v) is 3.46. The third kappa shape index (κ3) is 1.00. The molecule has 0 atom stereocenters. The first-order valence-electron chi connectivity index (χ1n) is 4.60. The van der Waals surface area contributed by atoms with Gasteiger partial charge >= 0.3 is 0 Å². The van der Waals surface area contributed by atoms with Crippen LogP contribution in [0.25, 0.3) is 10.8 Å². The van der Waals surface area contributed by atoms with Gasteiger partial charge in [0.1, 0.15) is 0 Å². The highest BCUT2D eigenvalue weighted by atomic mass is 14.9. The zero-order valence-corrected chi connectivity index (χ0v) is 7.30. The molecule has 63 valence electrons. The first-order valence-corrected chi connectivity index (χ1v) is 4.60. The van der Waals surface area contributed by atoms with Gasteiger partial charge in [-0.05, 0) is 47.0 Å². The molecular formula is C12H10N. The van der Waals surface area contributed by atoms with E-state index in [1.165, 1.54) is 22.0 Å². The Bertz CT molecular complexity index is 417. The molecule has 1 heterocycles. The summed E-state index contributed by atoms with van der Waals surface area (Å²) in [6.07, 6.45) is 1.16. The lowest BCUT2D eigenvalue weighted by molar-refractivity contribution is 1.11. The summed E-state index contributed by atoms with van der Waals surface area (Å²) in [5, 5.41) is 5.97. The SMILES string of the molecule is [c]1ccc2cc3c(cc2c1)NCC3. The molecule has 0 saturated heterocycles. The average Bonchev–Trinajstić information content (AvgIpc) is 2.61. The Labute approximate surface area is 77.4 Å². The van der Waals surface area contributed by atoms with Crippen LogP contribution in [0.2, 0.25) is 0 Å². The summed E-state index contributed by atoms with van der Waals surface area (Å²) in [4.78, 5) is 0. The minimum atomic E-state index is 1.08. The lowest BCUT2D eigenvalue weighted by Crippen LogP contribution is -1.90. The summed E-state index contributed by atoms with van der Waals surface area (Å²) in [5.74, 6) is 0. The molecule has 13 heavy (non-hydrogen) atoms. The van der Waals surface area contributed by atoms with Gasteiger partial charge in [0.25, 0.3) is 0 Å². The lowest BCUT2D eigenvalue weighted by atomic mass is 10.1. The van der Waals surface area contributed by atoms with Crippen LogP contribution in [0.1, 0.15) is 5.56 Å². The van der Waals surface area contributed by atoms with Gasteiger partial charge in [0.05, 0.1) is 0 Å². The summed E-state index contributed by atoms with van der Waals surface area (Å²) in [6, 6.07) is 13.7. The molecule has 3 rings (SSSR count). The van der Waals surface area contributed by atoms with E-state index in [0.717, 1.165) is 13.0 Å². The summed E-state index contributed by atoms with van der Waals surface area (Å²) in [7, 11) is 0. The molecule has 0 fully saturated rings. The molecule has 0 bridgehead atoms. The summed E-state index contributed by atoms with van der Waals surface area (Å²) < 4.78 is 0. The Morgan fingerprint density at radius 1 is 1.23 bits per heavy atom. The normalized spacial score (nSPS) is 14.2. The average molecular weight is 168 g/mol. The standard InChI is InChI=1S/C12H10N/c1-2-4-10-8-12-11(5-6-13-12)7-9(10)3-1/h1,3-4,7-8,13H,5-6H2. The van der Waals surface area contributed by atoms with E-state index in [0.29, 0.717) is 0 Å². The molecule has 0 saturated carbocycles. The first-order chi connectivity index (χ1) is 6.43. The van der Waals surface area contributed by atoms with Gasteiger partial charge in [0.2, 0.25) is 0 Å². The predicted octanol–water partition coefficient (Wildman–Crippen LogP) is 2.61. The highest BCUT2D eigenvalue weighted by Crippen LogP contribution is 2.27. The van der Waals surface area contributed by atoms with Crippen LogP contribution in [0.4, 0.5) is 5.69 Å². The maximum atomic E-state index is 3.38. The van der Waals surface area contributed by atoms with Crippen LogP contribution in [0.3, 0.4) is 0 Å². The van der Waals surface area contributed by atoms with Crippen LogP contribution in [0.5, 0.6) is 0 Å². The van der Waals surface area contributed by atoms with Gasteiger partial charge in [-0.3, -0.25) is 0 Å². The number of nitrogens with one attached hydrogen (secondary N) is 1. The van der Waals surface area contributed by atoms with Crippen molar-refractivity contribution in [2.75, 3.05) is 11.9 Å². The highest BCUT2D eigenvalue weighted by Gasteiger charge is 2.09. The number of rotatable bonds is 0. The van der Waals surface area contributed by atoms with Gasteiger partial charge in [-0.25, -0.2) is 0 Å². The molecule has 0 unspecified atom stereocenters. The fourth-order valence-corrected chi connectivity index (χ4v) is 1.93. The molecule has 1 aliphatic rings. The molecule has 1 heteroatoms. The molecule has 0 amide bonds. The first kappa shape index (κ1) is 6.96. The monoisotopic (exact) mass is 168 g/mol. The van der Waals surface area contributed by atoms with Crippen molar-refractivity contribution >= 4 is 16.5 Å². The zero-order valence-electron chi connectivity index (χ0n) is 7.30. The number of benzene rings is 2. The zero-order chi connectivity index (χ0) is 8.67. The largest absolute Gasteiger partial charge is 0.384 e. The molecule has 2 aromatic carbocycles. The van der Waals surface area contributed by atoms with Gasteiger partial charge < -0.3 is 5.32 Å².